The molecule has 12 nitrogen and oxygen atoms in total. The molecule has 240 valence electrons. The maximum atomic E-state index is 12.0. The summed E-state index contributed by atoms with van der Waals surface area (Å²) < 4.78 is 52.9. The lowest BCUT2D eigenvalue weighted by molar-refractivity contribution is -0.295. The molecule has 12 heteroatoms. The molecule has 8 atom stereocenters. The predicted octanol–water partition coefficient (Wildman–Crippen LogP) is 3.09. The number of methoxy groups -OCH3 is 1. The Morgan fingerprint density at radius 3 is 1.93 bits per heavy atom. The normalized spacial score (nSPS) is 28.3. The molecule has 0 amide bonds. The van der Waals surface area contributed by atoms with Gasteiger partial charge in [-0.15, -0.1) is 0 Å². The van der Waals surface area contributed by atoms with Gasteiger partial charge in [0.15, 0.2) is 18.7 Å². The van der Waals surface area contributed by atoms with Gasteiger partial charge in [-0.25, -0.2) is 0 Å². The molecule has 0 bridgehead atoms. The topological polar surface area (TPSA) is 134 Å². The summed E-state index contributed by atoms with van der Waals surface area (Å²) in [5.74, 6) is -1.75. The number of ether oxygens (including phenoxy) is 9. The number of carbonyl (C=O) groups is 3. The van der Waals surface area contributed by atoms with Crippen LogP contribution in [0.4, 0.5) is 0 Å². The molecule has 44 heavy (non-hydrogen) atoms. The van der Waals surface area contributed by atoms with Crippen molar-refractivity contribution in [1.82, 2.24) is 0 Å². The van der Waals surface area contributed by atoms with E-state index in [9.17, 15) is 14.4 Å². The summed E-state index contributed by atoms with van der Waals surface area (Å²) in [5, 5.41) is 0. The van der Waals surface area contributed by atoms with Crippen LogP contribution in [0.2, 0.25) is 0 Å². The van der Waals surface area contributed by atoms with E-state index in [1.165, 1.54) is 27.9 Å². The molecule has 1 unspecified atom stereocenters. The Labute approximate surface area is 256 Å². The fraction of sp³-hybridized carbons (Fsp3) is 0.531. The number of hydrogen-bond donors (Lipinski definition) is 0. The summed E-state index contributed by atoms with van der Waals surface area (Å²) >= 11 is 0. The fourth-order valence-corrected chi connectivity index (χ4v) is 5.15. The quantitative estimate of drug-likeness (QED) is 0.228. The van der Waals surface area contributed by atoms with E-state index in [1.54, 1.807) is 0 Å². The Balaban J connectivity index is 1.53. The van der Waals surface area contributed by atoms with Gasteiger partial charge in [0.1, 0.15) is 37.1 Å². The molecular formula is C32H40O12. The molecule has 0 aliphatic carbocycles. The second kappa shape index (κ2) is 16.6. The fourth-order valence-electron chi connectivity index (χ4n) is 5.15. The van der Waals surface area contributed by atoms with Crippen molar-refractivity contribution in [2.24, 2.45) is 0 Å². The minimum absolute atomic E-state index is 0.0155. The van der Waals surface area contributed by atoms with Gasteiger partial charge in [0.25, 0.3) is 0 Å². The van der Waals surface area contributed by atoms with Gasteiger partial charge in [0.05, 0.1) is 19.8 Å². The van der Waals surface area contributed by atoms with Crippen molar-refractivity contribution in [3.8, 4) is 0 Å². The zero-order valence-electron chi connectivity index (χ0n) is 25.3. The predicted molar refractivity (Wildman–Crippen MR) is 153 cm³/mol. The van der Waals surface area contributed by atoms with Crippen molar-refractivity contribution >= 4 is 17.9 Å². The standard InChI is InChI=1S/C32H40O12/c1-20(33)38-19-27-29(41-22(3)35)25(40-21(2)34)15-28(42-27)44-31-30(39-17-24-13-9-6-10-14-24)26(43-32(31)36-4)18-37-16-23-11-7-5-8-12-23/h5-14,25-32H,15-19H2,1-4H3/t25-,26-,27?,28-,29-,30+,31+,32-/m1/s1. The van der Waals surface area contributed by atoms with Crippen LogP contribution < -0.4 is 0 Å². The molecule has 0 saturated carbocycles. The van der Waals surface area contributed by atoms with Gasteiger partial charge in [0, 0.05) is 34.3 Å². The van der Waals surface area contributed by atoms with Crippen molar-refractivity contribution in [1.29, 1.82) is 0 Å². The Kier molecular flexibility index (Phi) is 12.7. The number of carbonyl (C=O) groups excluding carboxylic acids is 3. The van der Waals surface area contributed by atoms with Crippen molar-refractivity contribution < 1.29 is 57.0 Å². The van der Waals surface area contributed by atoms with Gasteiger partial charge in [0.2, 0.25) is 0 Å². The first-order valence-corrected chi connectivity index (χ1v) is 14.5. The maximum Gasteiger partial charge on any atom is 0.303 e. The van der Waals surface area contributed by atoms with E-state index in [4.69, 9.17) is 42.6 Å². The highest BCUT2D eigenvalue weighted by atomic mass is 16.8. The largest absolute Gasteiger partial charge is 0.463 e. The van der Waals surface area contributed by atoms with Crippen LogP contribution in [-0.2, 0) is 70.2 Å². The van der Waals surface area contributed by atoms with Crippen molar-refractivity contribution in [2.45, 2.75) is 89.6 Å². The molecule has 2 aromatic rings. The van der Waals surface area contributed by atoms with E-state index >= 15 is 0 Å². The molecule has 2 aromatic carbocycles. The Hall–Kier alpha value is -3.39. The summed E-state index contributed by atoms with van der Waals surface area (Å²) in [6.07, 6.45) is -6.78. The molecule has 2 aliphatic heterocycles. The zero-order valence-corrected chi connectivity index (χ0v) is 25.3. The van der Waals surface area contributed by atoms with Gasteiger partial charge in [-0.05, 0) is 11.1 Å². The van der Waals surface area contributed by atoms with E-state index in [0.717, 1.165) is 11.1 Å². The molecule has 2 heterocycles. The zero-order chi connectivity index (χ0) is 31.5. The first-order valence-electron chi connectivity index (χ1n) is 14.5. The van der Waals surface area contributed by atoms with Crippen molar-refractivity contribution in [2.75, 3.05) is 20.3 Å². The summed E-state index contributed by atoms with van der Waals surface area (Å²) in [5.41, 5.74) is 1.96. The third-order valence-corrected chi connectivity index (χ3v) is 7.04. The minimum Gasteiger partial charge on any atom is -0.463 e. The van der Waals surface area contributed by atoms with Gasteiger partial charge >= 0.3 is 17.9 Å². The number of hydrogen-bond acceptors (Lipinski definition) is 12. The first kappa shape index (κ1) is 33.5. The molecule has 0 aromatic heterocycles. The molecule has 0 spiro atoms. The summed E-state index contributed by atoms with van der Waals surface area (Å²) in [4.78, 5) is 35.5. The second-order valence-corrected chi connectivity index (χ2v) is 10.5. The van der Waals surface area contributed by atoms with Crippen LogP contribution in [0.25, 0.3) is 0 Å². The summed E-state index contributed by atoms with van der Waals surface area (Å²) in [6, 6.07) is 19.4. The third kappa shape index (κ3) is 9.81. The molecule has 0 N–H and O–H groups in total. The van der Waals surface area contributed by atoms with Crippen molar-refractivity contribution in [3.63, 3.8) is 0 Å². The highest BCUT2D eigenvalue weighted by molar-refractivity contribution is 5.67. The third-order valence-electron chi connectivity index (χ3n) is 7.04. The van der Waals surface area contributed by atoms with Crippen LogP contribution in [0.1, 0.15) is 38.3 Å². The lowest BCUT2D eigenvalue weighted by Gasteiger charge is -2.41. The number of benzene rings is 2. The molecule has 2 aliphatic rings. The highest BCUT2D eigenvalue weighted by Gasteiger charge is 2.51. The second-order valence-electron chi connectivity index (χ2n) is 10.5. The van der Waals surface area contributed by atoms with Crippen molar-refractivity contribution in [3.05, 3.63) is 71.8 Å². The van der Waals surface area contributed by atoms with Gasteiger partial charge in [-0.2, -0.15) is 0 Å². The Morgan fingerprint density at radius 2 is 1.34 bits per heavy atom. The molecule has 2 fully saturated rings. The van der Waals surface area contributed by atoms with Gasteiger partial charge in [-0.1, -0.05) is 60.7 Å². The average Bonchev–Trinajstić information content (AvgIpc) is 3.32. The van der Waals surface area contributed by atoms with Crippen LogP contribution in [0, 0.1) is 0 Å². The average molecular weight is 617 g/mol. The monoisotopic (exact) mass is 616 g/mol. The Bertz CT molecular complexity index is 1190. The molecular weight excluding hydrogens is 576 g/mol. The first-order chi connectivity index (χ1) is 21.2. The molecule has 4 rings (SSSR count). The smallest absolute Gasteiger partial charge is 0.303 e. The molecule has 2 saturated heterocycles. The lowest BCUT2D eigenvalue weighted by atomic mass is 10.0. The summed E-state index contributed by atoms with van der Waals surface area (Å²) in [6.45, 7) is 4.30. The lowest BCUT2D eigenvalue weighted by Crippen LogP contribution is -2.55. The van der Waals surface area contributed by atoms with E-state index < -0.39 is 67.1 Å². The number of rotatable bonds is 14. The van der Waals surface area contributed by atoms with Crippen LogP contribution in [-0.4, -0.2) is 87.4 Å². The van der Waals surface area contributed by atoms with E-state index in [0.29, 0.717) is 6.61 Å². The van der Waals surface area contributed by atoms with Crippen LogP contribution in [0.3, 0.4) is 0 Å². The molecule has 0 radical (unpaired) electrons. The van der Waals surface area contributed by atoms with Gasteiger partial charge < -0.3 is 42.6 Å². The van der Waals surface area contributed by atoms with Gasteiger partial charge in [-0.3, -0.25) is 14.4 Å². The number of esters is 3. The van der Waals surface area contributed by atoms with E-state index in [-0.39, 0.29) is 26.2 Å². The van der Waals surface area contributed by atoms with Crippen LogP contribution in [0.15, 0.2) is 60.7 Å². The Morgan fingerprint density at radius 1 is 0.727 bits per heavy atom. The van der Waals surface area contributed by atoms with E-state index in [1.807, 2.05) is 60.7 Å². The van der Waals surface area contributed by atoms with E-state index in [2.05, 4.69) is 0 Å². The maximum absolute atomic E-state index is 12.0. The summed E-state index contributed by atoms with van der Waals surface area (Å²) in [7, 11) is 1.49. The highest BCUT2D eigenvalue weighted by Crippen LogP contribution is 2.34. The van der Waals surface area contributed by atoms with Crippen LogP contribution in [0.5, 0.6) is 0 Å². The van der Waals surface area contributed by atoms with Crippen LogP contribution >= 0.6 is 0 Å². The minimum atomic E-state index is -1.03. The SMILES string of the molecule is CO[C@@H]1O[C@H](COCc2ccccc2)[C@H](OCc2ccccc2)[C@@H]1O[C@@H]1C[C@@H](OC(C)=O)[C@@H](OC(C)=O)C(COC(C)=O)O1.